The predicted molar refractivity (Wildman–Crippen MR) is 98.5 cm³/mol. The topological polar surface area (TPSA) is 35.6 Å². The molecule has 1 fully saturated rings. The summed E-state index contributed by atoms with van der Waals surface area (Å²) in [6.45, 7) is 3.51. The van der Waals surface area contributed by atoms with Crippen molar-refractivity contribution in [3.63, 3.8) is 0 Å². The molecule has 1 saturated heterocycles. The Bertz CT molecular complexity index is 779. The first-order valence-electron chi connectivity index (χ1n) is 8.49. The molecule has 4 nitrogen and oxygen atoms in total. The van der Waals surface area contributed by atoms with Gasteiger partial charge in [0, 0.05) is 43.8 Å². The van der Waals surface area contributed by atoms with E-state index in [0.717, 1.165) is 43.2 Å². The van der Waals surface area contributed by atoms with E-state index < -0.39 is 11.6 Å². The largest absolute Gasteiger partial charge is 0.322 e. The third kappa shape index (κ3) is 4.93. The lowest BCUT2D eigenvalue weighted by atomic mass is 10.1. The Hall–Kier alpha value is -2.18. The van der Waals surface area contributed by atoms with Gasteiger partial charge in [0.15, 0.2) is 0 Å². The Morgan fingerprint density at radius 1 is 1.08 bits per heavy atom. The molecule has 0 atom stereocenters. The van der Waals surface area contributed by atoms with Crippen LogP contribution in [-0.4, -0.2) is 48.6 Å². The maximum Gasteiger partial charge on any atom is 0.322 e. The van der Waals surface area contributed by atoms with Gasteiger partial charge in [0.2, 0.25) is 0 Å². The molecular formula is C19H20ClF2N3O. The van der Waals surface area contributed by atoms with Gasteiger partial charge in [0.1, 0.15) is 11.6 Å². The number of anilines is 1. The number of halogens is 3. The third-order valence-corrected chi connectivity index (χ3v) is 4.67. The van der Waals surface area contributed by atoms with Crippen LogP contribution in [0.25, 0.3) is 0 Å². The molecular weight excluding hydrogens is 360 g/mol. The SMILES string of the molecule is O=C(Nc1ccc(F)cc1F)N1CCN(CCc2cccc(Cl)c2)CC1. The molecule has 1 N–H and O–H groups in total. The molecule has 0 aliphatic carbocycles. The molecule has 7 heteroatoms. The highest BCUT2D eigenvalue weighted by Gasteiger charge is 2.21. The molecule has 0 aromatic heterocycles. The molecule has 0 radical (unpaired) electrons. The molecule has 1 heterocycles. The van der Waals surface area contributed by atoms with E-state index in [2.05, 4.69) is 10.2 Å². The van der Waals surface area contributed by atoms with Crippen LogP contribution >= 0.6 is 11.6 Å². The zero-order valence-corrected chi connectivity index (χ0v) is 15.0. The molecule has 2 amide bonds. The zero-order chi connectivity index (χ0) is 18.5. The van der Waals surface area contributed by atoms with Gasteiger partial charge in [-0.3, -0.25) is 4.90 Å². The van der Waals surface area contributed by atoms with Crippen LogP contribution < -0.4 is 5.32 Å². The first-order valence-corrected chi connectivity index (χ1v) is 8.87. The van der Waals surface area contributed by atoms with Crippen molar-refractivity contribution in [2.24, 2.45) is 0 Å². The molecule has 0 spiro atoms. The minimum absolute atomic E-state index is 0.0141. The van der Waals surface area contributed by atoms with Gasteiger partial charge in [-0.05, 0) is 36.2 Å². The van der Waals surface area contributed by atoms with E-state index in [0.29, 0.717) is 13.1 Å². The van der Waals surface area contributed by atoms with E-state index >= 15 is 0 Å². The fourth-order valence-corrected chi connectivity index (χ4v) is 3.15. The maximum atomic E-state index is 13.6. The van der Waals surface area contributed by atoms with Crippen molar-refractivity contribution in [3.8, 4) is 0 Å². The monoisotopic (exact) mass is 379 g/mol. The fraction of sp³-hybridized carbons (Fsp3) is 0.316. The van der Waals surface area contributed by atoms with Gasteiger partial charge in [0.25, 0.3) is 0 Å². The molecule has 2 aromatic rings. The van der Waals surface area contributed by atoms with Crippen molar-refractivity contribution in [3.05, 3.63) is 64.7 Å². The lowest BCUT2D eigenvalue weighted by Gasteiger charge is -2.34. The average molecular weight is 380 g/mol. The van der Waals surface area contributed by atoms with Crippen molar-refractivity contribution in [1.29, 1.82) is 0 Å². The Kier molecular flexibility index (Phi) is 6.06. The quantitative estimate of drug-likeness (QED) is 0.871. The Labute approximate surface area is 156 Å². The molecule has 1 aliphatic rings. The molecule has 1 aliphatic heterocycles. The predicted octanol–water partition coefficient (Wildman–Crippen LogP) is 4.01. The number of carbonyl (C=O) groups excluding carboxylic acids is 1. The molecule has 3 rings (SSSR count). The van der Waals surface area contributed by atoms with Crippen molar-refractivity contribution in [2.45, 2.75) is 6.42 Å². The minimum Gasteiger partial charge on any atom is -0.322 e. The van der Waals surface area contributed by atoms with Gasteiger partial charge in [-0.15, -0.1) is 0 Å². The lowest BCUT2D eigenvalue weighted by molar-refractivity contribution is 0.148. The first kappa shape index (κ1) is 18.6. The van der Waals surface area contributed by atoms with Gasteiger partial charge in [-0.1, -0.05) is 23.7 Å². The van der Waals surface area contributed by atoms with E-state index in [1.807, 2.05) is 24.3 Å². The maximum absolute atomic E-state index is 13.6. The summed E-state index contributed by atoms with van der Waals surface area (Å²) < 4.78 is 26.6. The van der Waals surface area contributed by atoms with Gasteiger partial charge in [0.05, 0.1) is 5.69 Å². The molecule has 26 heavy (non-hydrogen) atoms. The highest BCUT2D eigenvalue weighted by molar-refractivity contribution is 6.30. The van der Waals surface area contributed by atoms with Gasteiger partial charge in [-0.25, -0.2) is 13.6 Å². The number of urea groups is 1. The summed E-state index contributed by atoms with van der Waals surface area (Å²) in [4.78, 5) is 16.2. The normalized spacial score (nSPS) is 15.1. The summed E-state index contributed by atoms with van der Waals surface area (Å²) in [7, 11) is 0. The summed E-state index contributed by atoms with van der Waals surface area (Å²) in [6.07, 6.45) is 0.896. The first-order chi connectivity index (χ1) is 12.5. The van der Waals surface area contributed by atoms with Crippen LogP contribution in [0.15, 0.2) is 42.5 Å². The molecule has 138 valence electrons. The number of nitrogens with zero attached hydrogens (tertiary/aromatic N) is 2. The Morgan fingerprint density at radius 3 is 2.54 bits per heavy atom. The van der Waals surface area contributed by atoms with Crippen molar-refractivity contribution in [1.82, 2.24) is 9.80 Å². The number of nitrogens with one attached hydrogen (secondary N) is 1. The number of benzene rings is 2. The average Bonchev–Trinajstić information content (AvgIpc) is 2.63. The lowest BCUT2D eigenvalue weighted by Crippen LogP contribution is -2.50. The fourth-order valence-electron chi connectivity index (χ4n) is 2.94. The van der Waals surface area contributed by atoms with E-state index in [4.69, 9.17) is 11.6 Å². The number of carbonyl (C=O) groups is 1. The van der Waals surface area contributed by atoms with Crippen LogP contribution in [0, 0.1) is 11.6 Å². The van der Waals surface area contributed by atoms with E-state index in [-0.39, 0.29) is 11.7 Å². The summed E-state index contributed by atoms with van der Waals surface area (Å²) >= 11 is 5.99. The number of rotatable bonds is 4. The van der Waals surface area contributed by atoms with Crippen molar-refractivity contribution < 1.29 is 13.6 Å². The second-order valence-corrected chi connectivity index (χ2v) is 6.70. The van der Waals surface area contributed by atoms with Crippen LogP contribution in [0.5, 0.6) is 0 Å². The smallest absolute Gasteiger partial charge is 0.322 e. The van der Waals surface area contributed by atoms with Crippen LogP contribution in [0.1, 0.15) is 5.56 Å². The van der Waals surface area contributed by atoms with Crippen LogP contribution in [0.3, 0.4) is 0 Å². The van der Waals surface area contributed by atoms with Gasteiger partial charge >= 0.3 is 6.03 Å². The number of piperazine rings is 1. The van der Waals surface area contributed by atoms with E-state index in [1.54, 1.807) is 4.90 Å². The zero-order valence-electron chi connectivity index (χ0n) is 14.2. The Morgan fingerprint density at radius 2 is 1.85 bits per heavy atom. The number of hydrogen-bond donors (Lipinski definition) is 1. The highest BCUT2D eigenvalue weighted by Crippen LogP contribution is 2.16. The molecule has 0 unspecified atom stereocenters. The molecule has 0 saturated carbocycles. The van der Waals surface area contributed by atoms with Crippen molar-refractivity contribution in [2.75, 3.05) is 38.0 Å². The van der Waals surface area contributed by atoms with Crippen LogP contribution in [0.4, 0.5) is 19.3 Å². The molecule has 0 bridgehead atoms. The number of amides is 2. The van der Waals surface area contributed by atoms with E-state index in [9.17, 15) is 13.6 Å². The molecule has 2 aromatic carbocycles. The summed E-state index contributed by atoms with van der Waals surface area (Å²) in [5.41, 5.74) is 1.17. The van der Waals surface area contributed by atoms with Gasteiger partial charge < -0.3 is 10.2 Å². The highest BCUT2D eigenvalue weighted by atomic mass is 35.5. The second kappa shape index (κ2) is 8.47. The van der Waals surface area contributed by atoms with Crippen LogP contribution in [0.2, 0.25) is 5.02 Å². The summed E-state index contributed by atoms with van der Waals surface area (Å²) in [5, 5.41) is 3.23. The van der Waals surface area contributed by atoms with Gasteiger partial charge in [-0.2, -0.15) is 0 Å². The van der Waals surface area contributed by atoms with Crippen LogP contribution in [-0.2, 0) is 6.42 Å². The van der Waals surface area contributed by atoms with E-state index in [1.165, 1.54) is 11.6 Å². The Balaban J connectivity index is 1.46. The minimum atomic E-state index is -0.779. The van der Waals surface area contributed by atoms with Crippen molar-refractivity contribution >= 4 is 23.3 Å². The number of hydrogen-bond acceptors (Lipinski definition) is 2. The summed E-state index contributed by atoms with van der Waals surface area (Å²) in [6, 6.07) is 10.5. The third-order valence-electron chi connectivity index (χ3n) is 4.44. The summed E-state index contributed by atoms with van der Waals surface area (Å²) in [5.74, 6) is -1.45. The second-order valence-electron chi connectivity index (χ2n) is 6.26. The standard InChI is InChI=1S/C19H20ClF2N3O/c20-15-3-1-2-14(12-15)6-7-24-8-10-25(11-9-24)19(26)23-18-5-4-16(21)13-17(18)22/h1-5,12-13H,6-11H2,(H,23,26).